The summed E-state index contributed by atoms with van der Waals surface area (Å²) in [6.07, 6.45) is 4.56. The number of amides is 2. The van der Waals surface area contributed by atoms with Gasteiger partial charge in [0.25, 0.3) is 0 Å². The maximum atomic E-state index is 15.1. The van der Waals surface area contributed by atoms with Gasteiger partial charge in [-0.3, -0.25) is 4.79 Å². The molecule has 198 valence electrons. The van der Waals surface area contributed by atoms with Crippen molar-refractivity contribution < 1.29 is 18.7 Å². The van der Waals surface area contributed by atoms with Gasteiger partial charge in [-0.05, 0) is 33.4 Å². The van der Waals surface area contributed by atoms with Crippen molar-refractivity contribution in [1.29, 1.82) is 0 Å². The number of fused-ring (bicyclic) bond motifs is 4. The number of ether oxygens (including phenoxy) is 1. The molecule has 3 atom stereocenters. The van der Waals surface area contributed by atoms with Crippen molar-refractivity contribution in [3.05, 3.63) is 23.0 Å². The molecule has 3 unspecified atom stereocenters. The van der Waals surface area contributed by atoms with Gasteiger partial charge >= 0.3 is 6.09 Å². The van der Waals surface area contributed by atoms with E-state index in [2.05, 4.69) is 14.5 Å². The number of thioether (sulfide) groups is 1. The number of imidazole rings is 1. The number of pyridine rings is 2. The first-order valence-electron chi connectivity index (χ1n) is 12.2. The van der Waals surface area contributed by atoms with E-state index < -0.39 is 11.4 Å². The second kappa shape index (κ2) is 9.27. The number of carbonyl (C=O) groups excluding carboxylic acids is 2. The summed E-state index contributed by atoms with van der Waals surface area (Å²) >= 11 is 7.37. The van der Waals surface area contributed by atoms with Crippen molar-refractivity contribution in [3.63, 3.8) is 0 Å². The number of halogens is 2. The minimum Gasteiger partial charge on any atom is -0.444 e. The number of carbonyl (C=O) groups is 2. The molecular formula is C25H30ClFN6O3S. The monoisotopic (exact) mass is 548 g/mol. The first kappa shape index (κ1) is 26.0. The predicted molar refractivity (Wildman–Crippen MR) is 140 cm³/mol. The van der Waals surface area contributed by atoms with Crippen LogP contribution in [-0.2, 0) is 16.0 Å². The molecule has 2 aliphatic heterocycles. The maximum absolute atomic E-state index is 15.1. The van der Waals surface area contributed by atoms with E-state index in [1.165, 1.54) is 18.0 Å². The van der Waals surface area contributed by atoms with Crippen LogP contribution in [0.4, 0.5) is 9.18 Å². The molecule has 5 heterocycles. The minimum absolute atomic E-state index is 0.0156. The zero-order valence-electron chi connectivity index (χ0n) is 21.7. The van der Waals surface area contributed by atoms with E-state index in [4.69, 9.17) is 21.3 Å². The van der Waals surface area contributed by atoms with Crippen LogP contribution in [0.25, 0.3) is 21.9 Å². The lowest BCUT2D eigenvalue weighted by Crippen LogP contribution is -2.44. The summed E-state index contributed by atoms with van der Waals surface area (Å²) in [5, 5.41) is 0.829. The predicted octanol–water partition coefficient (Wildman–Crippen LogP) is 4.70. The molecule has 3 aromatic rings. The zero-order chi connectivity index (χ0) is 26.8. The Balaban J connectivity index is 1.67. The second-order valence-electron chi connectivity index (χ2n) is 10.8. The van der Waals surface area contributed by atoms with E-state index in [9.17, 15) is 9.59 Å². The summed E-state index contributed by atoms with van der Waals surface area (Å²) in [6.45, 7) is 6.11. The van der Waals surface area contributed by atoms with Gasteiger partial charge in [-0.2, -0.15) is 0 Å². The third-order valence-corrected chi connectivity index (χ3v) is 7.97. The molecule has 1 aliphatic carbocycles. The topological polar surface area (TPSA) is 93.5 Å². The third-order valence-electron chi connectivity index (χ3n) is 7.04. The van der Waals surface area contributed by atoms with Gasteiger partial charge in [-0.25, -0.2) is 24.1 Å². The Morgan fingerprint density at radius 2 is 2.00 bits per heavy atom. The van der Waals surface area contributed by atoms with Crippen LogP contribution in [0.2, 0.25) is 5.15 Å². The van der Waals surface area contributed by atoms with Gasteiger partial charge in [0, 0.05) is 51.0 Å². The average molecular weight is 549 g/mol. The van der Waals surface area contributed by atoms with Crippen molar-refractivity contribution in [2.75, 3.05) is 26.9 Å². The van der Waals surface area contributed by atoms with Gasteiger partial charge in [0.15, 0.2) is 11.0 Å². The van der Waals surface area contributed by atoms with Crippen LogP contribution in [0.15, 0.2) is 11.2 Å². The molecular weight excluding hydrogens is 519 g/mol. The fourth-order valence-corrected chi connectivity index (χ4v) is 6.02. The normalized spacial score (nSPS) is 21.0. The zero-order valence-corrected chi connectivity index (χ0v) is 23.3. The summed E-state index contributed by atoms with van der Waals surface area (Å²) < 4.78 is 22.9. The number of aryl methyl sites for hydroxylation is 1. The van der Waals surface area contributed by atoms with Gasteiger partial charge in [0.2, 0.25) is 5.91 Å². The SMILES string of the molecule is CSc1nc2c(F)c(Cl)ncc2c2c1nc(CCC(=O)N(C)C)n2C1C2CC1N(C(=O)OC(C)(C)C)C2. The molecule has 2 bridgehead atoms. The van der Waals surface area contributed by atoms with E-state index in [0.29, 0.717) is 40.2 Å². The fraction of sp³-hybridized carbons (Fsp3) is 0.560. The van der Waals surface area contributed by atoms with Gasteiger partial charge in [-0.15, -0.1) is 11.8 Å². The highest BCUT2D eigenvalue weighted by Gasteiger charge is 2.56. The van der Waals surface area contributed by atoms with Crippen molar-refractivity contribution in [2.45, 2.75) is 62.7 Å². The summed E-state index contributed by atoms with van der Waals surface area (Å²) in [5.41, 5.74) is 0.863. The highest BCUT2D eigenvalue weighted by atomic mass is 35.5. The summed E-state index contributed by atoms with van der Waals surface area (Å²) in [6, 6.07) is -0.173. The lowest BCUT2D eigenvalue weighted by molar-refractivity contribution is -0.128. The molecule has 0 spiro atoms. The Kier molecular flexibility index (Phi) is 6.50. The molecule has 2 amide bonds. The van der Waals surface area contributed by atoms with E-state index in [0.717, 1.165) is 6.42 Å². The van der Waals surface area contributed by atoms with Gasteiger partial charge in [-0.1, -0.05) is 11.6 Å². The third kappa shape index (κ3) is 4.39. The van der Waals surface area contributed by atoms with Crippen LogP contribution in [0.5, 0.6) is 0 Å². The molecule has 9 nitrogen and oxygen atoms in total. The van der Waals surface area contributed by atoms with Crippen molar-refractivity contribution >= 4 is 57.3 Å². The first-order chi connectivity index (χ1) is 17.4. The molecule has 2 saturated heterocycles. The van der Waals surface area contributed by atoms with Crippen LogP contribution < -0.4 is 0 Å². The van der Waals surface area contributed by atoms with E-state index in [1.807, 2.05) is 27.0 Å². The number of aromatic nitrogens is 4. The van der Waals surface area contributed by atoms with Gasteiger partial charge in [0.05, 0.1) is 17.6 Å². The Labute approximate surface area is 223 Å². The summed E-state index contributed by atoms with van der Waals surface area (Å²) in [7, 11) is 3.44. The smallest absolute Gasteiger partial charge is 0.410 e. The standard InChI is InChI=1S/C25H30ClFN6O3S/c1-25(2,3)36-24(35)32-11-12-9-14(32)20(12)33-15(7-8-16(34)31(4)5)29-19-21(33)13-10-28-22(26)17(27)18(13)30-23(19)37-6/h10,12,14,20H,7-9,11H2,1-6H3. The Hall–Kier alpha value is -2.66. The summed E-state index contributed by atoms with van der Waals surface area (Å²) in [4.78, 5) is 42.3. The molecule has 6 rings (SSSR count). The molecule has 37 heavy (non-hydrogen) atoms. The molecule has 3 fully saturated rings. The molecule has 3 aromatic heterocycles. The Morgan fingerprint density at radius 3 is 2.65 bits per heavy atom. The lowest BCUT2D eigenvalue weighted by Gasteiger charge is -2.39. The molecule has 0 radical (unpaired) electrons. The van der Waals surface area contributed by atoms with E-state index >= 15 is 4.39 Å². The van der Waals surface area contributed by atoms with E-state index in [1.54, 1.807) is 23.9 Å². The second-order valence-corrected chi connectivity index (χ2v) is 12.0. The Bertz CT molecular complexity index is 1420. The molecule has 3 aliphatic rings. The largest absolute Gasteiger partial charge is 0.444 e. The van der Waals surface area contributed by atoms with Crippen LogP contribution in [0, 0.1) is 11.7 Å². The first-order valence-corrected chi connectivity index (χ1v) is 13.8. The molecule has 0 N–H and O–H groups in total. The highest BCUT2D eigenvalue weighted by molar-refractivity contribution is 7.98. The fourth-order valence-electron chi connectivity index (χ4n) is 5.36. The van der Waals surface area contributed by atoms with Crippen LogP contribution >= 0.6 is 23.4 Å². The maximum Gasteiger partial charge on any atom is 0.410 e. The highest BCUT2D eigenvalue weighted by Crippen LogP contribution is 2.52. The average Bonchev–Trinajstić information content (AvgIpc) is 3.51. The number of rotatable bonds is 5. The van der Waals surface area contributed by atoms with Gasteiger partial charge < -0.3 is 19.1 Å². The lowest BCUT2D eigenvalue weighted by atomic mass is 9.79. The van der Waals surface area contributed by atoms with Crippen molar-refractivity contribution in [1.82, 2.24) is 29.3 Å². The number of hydrogen-bond acceptors (Lipinski definition) is 7. The minimum atomic E-state index is -0.680. The Morgan fingerprint density at radius 1 is 1.27 bits per heavy atom. The van der Waals surface area contributed by atoms with Crippen LogP contribution in [0.3, 0.4) is 0 Å². The van der Waals surface area contributed by atoms with Crippen LogP contribution in [-0.4, -0.2) is 79.9 Å². The molecule has 0 aromatic carbocycles. The van der Waals surface area contributed by atoms with Gasteiger partial charge in [0.1, 0.15) is 27.5 Å². The van der Waals surface area contributed by atoms with Crippen molar-refractivity contribution in [3.8, 4) is 0 Å². The van der Waals surface area contributed by atoms with Crippen molar-refractivity contribution in [2.24, 2.45) is 5.92 Å². The number of hydrogen-bond donors (Lipinski definition) is 0. The number of nitrogens with zero attached hydrogens (tertiary/aromatic N) is 6. The molecule has 1 saturated carbocycles. The van der Waals surface area contributed by atoms with Crippen LogP contribution in [0.1, 0.15) is 45.5 Å². The quantitative estimate of drug-likeness (QED) is 0.337. The van der Waals surface area contributed by atoms with E-state index in [-0.39, 0.29) is 47.1 Å². The molecule has 12 heteroatoms. The summed E-state index contributed by atoms with van der Waals surface area (Å²) in [5.74, 6) is 0.193.